The fourth-order valence-corrected chi connectivity index (χ4v) is 3.68. The standard InChI is InChI=1S/C24H18ClNO4/c1-30-19-13-7-15(8-14-19)21-20(22(27)16-5-3-2-4-6-16)23(28)24(29)26(21)18-11-9-17(25)10-12-18/h2-14,21,27H,1H3/b22-20+. The molecule has 1 amide bonds. The van der Waals surface area contributed by atoms with E-state index in [1.807, 2.05) is 6.07 Å². The van der Waals surface area contributed by atoms with Crippen LogP contribution in [0.5, 0.6) is 5.75 Å². The number of methoxy groups -OCH3 is 1. The number of aliphatic hydroxyl groups is 1. The molecule has 1 heterocycles. The van der Waals surface area contributed by atoms with Crippen molar-refractivity contribution >= 4 is 34.7 Å². The summed E-state index contributed by atoms with van der Waals surface area (Å²) in [5, 5.41) is 11.5. The van der Waals surface area contributed by atoms with Crippen molar-refractivity contribution in [1.82, 2.24) is 0 Å². The van der Waals surface area contributed by atoms with E-state index in [1.165, 1.54) is 4.90 Å². The molecule has 1 unspecified atom stereocenters. The van der Waals surface area contributed by atoms with E-state index in [0.717, 1.165) is 0 Å². The highest BCUT2D eigenvalue weighted by atomic mass is 35.5. The number of nitrogens with zero attached hydrogens (tertiary/aromatic N) is 1. The maximum absolute atomic E-state index is 13.0. The van der Waals surface area contributed by atoms with Crippen LogP contribution in [0.2, 0.25) is 5.02 Å². The minimum atomic E-state index is -0.794. The van der Waals surface area contributed by atoms with Gasteiger partial charge < -0.3 is 9.84 Å². The monoisotopic (exact) mass is 419 g/mol. The lowest BCUT2D eigenvalue weighted by Gasteiger charge is -2.25. The molecule has 5 nitrogen and oxygen atoms in total. The van der Waals surface area contributed by atoms with Gasteiger partial charge in [-0.2, -0.15) is 0 Å². The Balaban J connectivity index is 1.92. The lowest BCUT2D eigenvalue weighted by Crippen LogP contribution is -2.29. The fourth-order valence-electron chi connectivity index (χ4n) is 3.55. The molecule has 1 aliphatic heterocycles. The van der Waals surface area contributed by atoms with Gasteiger partial charge in [-0.05, 0) is 42.0 Å². The van der Waals surface area contributed by atoms with Crippen molar-refractivity contribution in [3.63, 3.8) is 0 Å². The Kier molecular flexibility index (Phi) is 5.29. The van der Waals surface area contributed by atoms with E-state index < -0.39 is 17.7 Å². The fraction of sp³-hybridized carbons (Fsp3) is 0.0833. The van der Waals surface area contributed by atoms with Gasteiger partial charge in [0.25, 0.3) is 11.7 Å². The molecule has 1 atom stereocenters. The summed E-state index contributed by atoms with van der Waals surface area (Å²) in [7, 11) is 1.56. The molecular weight excluding hydrogens is 402 g/mol. The number of carbonyl (C=O) groups excluding carboxylic acids is 2. The Morgan fingerprint density at radius 1 is 0.933 bits per heavy atom. The van der Waals surface area contributed by atoms with Crippen molar-refractivity contribution in [2.75, 3.05) is 12.0 Å². The summed E-state index contributed by atoms with van der Waals surface area (Å²) in [6.07, 6.45) is 0. The topological polar surface area (TPSA) is 66.8 Å². The number of rotatable bonds is 4. The molecule has 3 aromatic rings. The second-order valence-electron chi connectivity index (χ2n) is 6.78. The number of hydrogen-bond donors (Lipinski definition) is 1. The van der Waals surface area contributed by atoms with Gasteiger partial charge in [-0.15, -0.1) is 0 Å². The lowest BCUT2D eigenvalue weighted by atomic mass is 9.95. The van der Waals surface area contributed by atoms with Crippen molar-refractivity contribution in [3.05, 3.63) is 101 Å². The molecule has 0 saturated carbocycles. The summed E-state index contributed by atoms with van der Waals surface area (Å²) in [6, 6.07) is 21.6. The maximum atomic E-state index is 13.0. The van der Waals surface area contributed by atoms with E-state index in [-0.39, 0.29) is 11.3 Å². The van der Waals surface area contributed by atoms with Gasteiger partial charge in [0.15, 0.2) is 0 Å². The van der Waals surface area contributed by atoms with Crippen molar-refractivity contribution in [3.8, 4) is 5.75 Å². The van der Waals surface area contributed by atoms with Crippen molar-refractivity contribution in [1.29, 1.82) is 0 Å². The number of benzene rings is 3. The molecule has 150 valence electrons. The largest absolute Gasteiger partial charge is 0.507 e. The molecule has 1 aliphatic rings. The summed E-state index contributed by atoms with van der Waals surface area (Å²) < 4.78 is 5.22. The summed E-state index contributed by atoms with van der Waals surface area (Å²) >= 11 is 6.00. The first-order chi connectivity index (χ1) is 14.5. The quantitative estimate of drug-likeness (QED) is 0.368. The zero-order chi connectivity index (χ0) is 21.3. The molecule has 1 N–H and O–H groups in total. The van der Waals surface area contributed by atoms with Gasteiger partial charge in [0, 0.05) is 16.3 Å². The molecule has 0 aliphatic carbocycles. The second kappa shape index (κ2) is 8.05. The van der Waals surface area contributed by atoms with Crippen molar-refractivity contribution in [2.45, 2.75) is 6.04 Å². The lowest BCUT2D eigenvalue weighted by molar-refractivity contribution is -0.132. The number of anilines is 1. The highest BCUT2D eigenvalue weighted by Crippen LogP contribution is 2.42. The summed E-state index contributed by atoms with van der Waals surface area (Å²) in [4.78, 5) is 27.4. The minimum Gasteiger partial charge on any atom is -0.507 e. The van der Waals surface area contributed by atoms with E-state index in [2.05, 4.69) is 0 Å². The van der Waals surface area contributed by atoms with Crippen LogP contribution < -0.4 is 9.64 Å². The van der Waals surface area contributed by atoms with Crippen LogP contribution in [0.25, 0.3) is 5.76 Å². The summed E-state index contributed by atoms with van der Waals surface area (Å²) in [6.45, 7) is 0. The molecule has 1 saturated heterocycles. The predicted molar refractivity (Wildman–Crippen MR) is 116 cm³/mol. The highest BCUT2D eigenvalue weighted by molar-refractivity contribution is 6.51. The normalized spacial score (nSPS) is 17.9. The van der Waals surface area contributed by atoms with Gasteiger partial charge in [-0.25, -0.2) is 0 Å². The van der Waals surface area contributed by atoms with Crippen LogP contribution in [-0.4, -0.2) is 23.9 Å². The number of ketones is 1. The molecule has 0 spiro atoms. The van der Waals surface area contributed by atoms with Gasteiger partial charge in [0.2, 0.25) is 0 Å². The second-order valence-corrected chi connectivity index (χ2v) is 7.22. The third kappa shape index (κ3) is 3.44. The van der Waals surface area contributed by atoms with E-state index in [9.17, 15) is 14.7 Å². The molecule has 30 heavy (non-hydrogen) atoms. The molecule has 3 aromatic carbocycles. The van der Waals surface area contributed by atoms with Crippen LogP contribution in [0.1, 0.15) is 17.2 Å². The van der Waals surface area contributed by atoms with Gasteiger partial charge >= 0.3 is 0 Å². The Morgan fingerprint density at radius 2 is 1.57 bits per heavy atom. The maximum Gasteiger partial charge on any atom is 0.300 e. The first kappa shape index (κ1) is 19.7. The van der Waals surface area contributed by atoms with E-state index >= 15 is 0 Å². The first-order valence-corrected chi connectivity index (χ1v) is 9.65. The summed E-state index contributed by atoms with van der Waals surface area (Å²) in [5.41, 5.74) is 1.67. The Hall–Kier alpha value is -3.57. The molecule has 0 radical (unpaired) electrons. The van der Waals surface area contributed by atoms with Crippen molar-refractivity contribution in [2.24, 2.45) is 0 Å². The van der Waals surface area contributed by atoms with Crippen LogP contribution in [0.4, 0.5) is 5.69 Å². The van der Waals surface area contributed by atoms with Crippen LogP contribution >= 0.6 is 11.6 Å². The zero-order valence-corrected chi connectivity index (χ0v) is 16.8. The number of amides is 1. The molecule has 0 bridgehead atoms. The van der Waals surface area contributed by atoms with Crippen LogP contribution in [0.3, 0.4) is 0 Å². The van der Waals surface area contributed by atoms with Gasteiger partial charge in [-0.3, -0.25) is 14.5 Å². The van der Waals surface area contributed by atoms with E-state index in [0.29, 0.717) is 27.6 Å². The smallest absolute Gasteiger partial charge is 0.300 e. The van der Waals surface area contributed by atoms with Gasteiger partial charge in [0.05, 0.1) is 18.7 Å². The average Bonchev–Trinajstić information content (AvgIpc) is 3.05. The Morgan fingerprint density at radius 3 is 2.17 bits per heavy atom. The predicted octanol–water partition coefficient (Wildman–Crippen LogP) is 4.97. The molecule has 1 fully saturated rings. The molecule has 0 aromatic heterocycles. The third-order valence-electron chi connectivity index (χ3n) is 5.03. The average molecular weight is 420 g/mol. The van der Waals surface area contributed by atoms with E-state index in [4.69, 9.17) is 16.3 Å². The Bertz CT molecular complexity index is 1120. The number of aliphatic hydroxyl groups excluding tert-OH is 1. The number of carbonyl (C=O) groups is 2. The van der Waals surface area contributed by atoms with Crippen LogP contribution in [0.15, 0.2) is 84.4 Å². The van der Waals surface area contributed by atoms with Gasteiger partial charge in [0.1, 0.15) is 11.5 Å². The van der Waals surface area contributed by atoms with E-state index in [1.54, 1.807) is 79.9 Å². The third-order valence-corrected chi connectivity index (χ3v) is 5.28. The zero-order valence-electron chi connectivity index (χ0n) is 16.1. The van der Waals surface area contributed by atoms with Crippen molar-refractivity contribution < 1.29 is 19.4 Å². The first-order valence-electron chi connectivity index (χ1n) is 9.27. The summed E-state index contributed by atoms with van der Waals surface area (Å²) in [5.74, 6) is -1.03. The van der Waals surface area contributed by atoms with Gasteiger partial charge in [-0.1, -0.05) is 54.1 Å². The number of hydrogen-bond acceptors (Lipinski definition) is 4. The number of halogens is 1. The Labute approximate surface area is 178 Å². The molecule has 6 heteroatoms. The van der Waals surface area contributed by atoms with Crippen LogP contribution in [0, 0.1) is 0 Å². The highest BCUT2D eigenvalue weighted by Gasteiger charge is 2.46. The molecular formula is C24H18ClNO4. The SMILES string of the molecule is COc1ccc(C2/C(=C(\O)c3ccccc3)C(=O)C(=O)N2c2ccc(Cl)cc2)cc1. The van der Waals surface area contributed by atoms with Crippen LogP contribution in [-0.2, 0) is 9.59 Å². The number of ether oxygens (including phenoxy) is 1. The minimum absolute atomic E-state index is 0.0336. The number of Topliss-reactive ketones (excluding diaryl/α,β-unsaturated/α-hetero) is 1. The molecule has 4 rings (SSSR count).